The number of hydrogen-bond donors (Lipinski definition) is 1. The molecule has 0 unspecified atom stereocenters. The number of carbonyl (C=O) groups is 1. The lowest BCUT2D eigenvalue weighted by Crippen LogP contribution is -2.11. The van der Waals surface area contributed by atoms with Crippen molar-refractivity contribution in [1.29, 1.82) is 0 Å². The predicted molar refractivity (Wildman–Crippen MR) is 38.4 cm³/mol. The van der Waals surface area contributed by atoms with Gasteiger partial charge in [-0.3, -0.25) is 4.79 Å². The molecule has 0 aliphatic carbocycles. The quantitative estimate of drug-likeness (QED) is 0.787. The molecule has 76 valence electrons. The summed E-state index contributed by atoms with van der Waals surface area (Å²) >= 11 is 0. The number of nitrogens with zero attached hydrogens (tertiary/aromatic N) is 2. The van der Waals surface area contributed by atoms with Crippen LogP contribution in [0.2, 0.25) is 0 Å². The zero-order chi connectivity index (χ0) is 10.8. The van der Waals surface area contributed by atoms with E-state index in [-0.39, 0.29) is 5.69 Å². The van der Waals surface area contributed by atoms with Gasteiger partial charge in [0.25, 0.3) is 0 Å². The lowest BCUT2D eigenvalue weighted by atomic mass is 10.3. The highest BCUT2D eigenvalue weighted by Gasteiger charge is 2.32. The molecular weight excluding hydrogens is 201 g/mol. The molecule has 4 nitrogen and oxygen atoms in total. The van der Waals surface area contributed by atoms with Gasteiger partial charge in [-0.1, -0.05) is 0 Å². The smallest absolute Gasteiger partial charge is 0.435 e. The van der Waals surface area contributed by atoms with Crippen LogP contribution >= 0.6 is 0 Å². The molecule has 0 aliphatic rings. The first kappa shape index (κ1) is 10.4. The monoisotopic (exact) mass is 206 g/mol. The van der Waals surface area contributed by atoms with Crippen LogP contribution in [-0.2, 0) is 17.4 Å². The maximum Gasteiger partial charge on any atom is 0.435 e. The SMILES string of the molecule is O=C(O)Cc1ccc(C(F)(F)F)nn1. The van der Waals surface area contributed by atoms with E-state index in [0.29, 0.717) is 6.07 Å². The average molecular weight is 206 g/mol. The van der Waals surface area contributed by atoms with Crippen molar-refractivity contribution < 1.29 is 23.1 Å². The molecule has 0 bridgehead atoms. The van der Waals surface area contributed by atoms with E-state index >= 15 is 0 Å². The molecule has 1 heterocycles. The number of halogens is 3. The second-order valence-corrected chi connectivity index (χ2v) is 2.48. The molecule has 1 rings (SSSR count). The minimum absolute atomic E-state index is 0.00880. The Hall–Kier alpha value is -1.66. The third-order valence-corrected chi connectivity index (χ3v) is 1.34. The van der Waals surface area contributed by atoms with Crippen molar-refractivity contribution in [2.24, 2.45) is 0 Å². The second kappa shape index (κ2) is 3.60. The molecule has 0 atom stereocenters. The van der Waals surface area contributed by atoms with E-state index < -0.39 is 24.3 Å². The number of aromatic nitrogens is 2. The van der Waals surface area contributed by atoms with E-state index in [4.69, 9.17) is 5.11 Å². The van der Waals surface area contributed by atoms with Crippen LogP contribution in [0.5, 0.6) is 0 Å². The van der Waals surface area contributed by atoms with Crippen LogP contribution in [0, 0.1) is 0 Å². The van der Waals surface area contributed by atoms with Crippen LogP contribution in [-0.4, -0.2) is 21.3 Å². The molecule has 0 aromatic carbocycles. The fourth-order valence-corrected chi connectivity index (χ4v) is 0.760. The van der Waals surface area contributed by atoms with Crippen molar-refractivity contribution in [3.8, 4) is 0 Å². The summed E-state index contributed by atoms with van der Waals surface area (Å²) in [6, 6.07) is 1.69. The van der Waals surface area contributed by atoms with Crippen LogP contribution in [0.25, 0.3) is 0 Å². The summed E-state index contributed by atoms with van der Waals surface area (Å²) in [7, 11) is 0. The van der Waals surface area contributed by atoms with Crippen LogP contribution in [0.15, 0.2) is 12.1 Å². The van der Waals surface area contributed by atoms with Gasteiger partial charge in [0, 0.05) is 0 Å². The van der Waals surface area contributed by atoms with Gasteiger partial charge in [-0.2, -0.15) is 18.3 Å². The van der Waals surface area contributed by atoms with Gasteiger partial charge in [0.2, 0.25) is 0 Å². The van der Waals surface area contributed by atoms with Crippen LogP contribution in [0.1, 0.15) is 11.4 Å². The number of rotatable bonds is 2. The second-order valence-electron chi connectivity index (χ2n) is 2.48. The maximum absolute atomic E-state index is 12.0. The Morgan fingerprint density at radius 2 is 2.00 bits per heavy atom. The third kappa shape index (κ3) is 2.68. The molecule has 0 fully saturated rings. The van der Waals surface area contributed by atoms with Gasteiger partial charge in [-0.25, -0.2) is 0 Å². The molecule has 0 radical (unpaired) electrons. The Labute approximate surface area is 76.4 Å². The van der Waals surface area contributed by atoms with E-state index in [1.807, 2.05) is 0 Å². The largest absolute Gasteiger partial charge is 0.481 e. The number of carboxylic acid groups (broad SMARTS) is 1. The first-order chi connectivity index (χ1) is 6.39. The lowest BCUT2D eigenvalue weighted by Gasteiger charge is -2.03. The van der Waals surface area contributed by atoms with Crippen molar-refractivity contribution in [1.82, 2.24) is 10.2 Å². The topological polar surface area (TPSA) is 63.1 Å². The lowest BCUT2D eigenvalue weighted by molar-refractivity contribution is -0.141. The summed E-state index contributed by atoms with van der Waals surface area (Å²) in [5.74, 6) is -1.17. The highest BCUT2D eigenvalue weighted by molar-refractivity contribution is 5.69. The summed E-state index contributed by atoms with van der Waals surface area (Å²) in [4.78, 5) is 10.2. The average Bonchev–Trinajstić information content (AvgIpc) is 2.02. The molecule has 0 amide bonds. The van der Waals surface area contributed by atoms with Crippen molar-refractivity contribution in [3.05, 3.63) is 23.5 Å². The molecule has 14 heavy (non-hydrogen) atoms. The summed E-state index contributed by atoms with van der Waals surface area (Å²) in [5.41, 5.74) is -1.14. The fourth-order valence-electron chi connectivity index (χ4n) is 0.760. The number of aliphatic carboxylic acids is 1. The van der Waals surface area contributed by atoms with Crippen LogP contribution < -0.4 is 0 Å². The molecule has 0 spiro atoms. The Kier molecular flexibility index (Phi) is 2.68. The van der Waals surface area contributed by atoms with Gasteiger partial charge >= 0.3 is 12.1 Å². The minimum Gasteiger partial charge on any atom is -0.481 e. The molecule has 0 aliphatic heterocycles. The predicted octanol–water partition coefficient (Wildman–Crippen LogP) is 1.12. The molecule has 1 N–H and O–H groups in total. The normalized spacial score (nSPS) is 11.4. The van der Waals surface area contributed by atoms with Gasteiger partial charge in [-0.05, 0) is 12.1 Å². The van der Waals surface area contributed by atoms with Gasteiger partial charge in [-0.15, -0.1) is 5.10 Å². The Balaban J connectivity index is 2.84. The van der Waals surface area contributed by atoms with Gasteiger partial charge in [0.05, 0.1) is 12.1 Å². The standard InChI is InChI=1S/C7H5F3N2O2/c8-7(9,10)5-2-1-4(11-12-5)3-6(13)14/h1-2H,3H2,(H,13,14). The number of hydrogen-bond acceptors (Lipinski definition) is 3. The van der Waals surface area contributed by atoms with E-state index in [1.54, 1.807) is 0 Å². The minimum atomic E-state index is -4.55. The summed E-state index contributed by atoms with van der Waals surface area (Å²) in [6.07, 6.45) is -4.99. The summed E-state index contributed by atoms with van der Waals surface area (Å²) in [6.45, 7) is 0. The van der Waals surface area contributed by atoms with Crippen molar-refractivity contribution >= 4 is 5.97 Å². The zero-order valence-electron chi connectivity index (χ0n) is 6.75. The third-order valence-electron chi connectivity index (χ3n) is 1.34. The van der Waals surface area contributed by atoms with Crippen LogP contribution in [0.4, 0.5) is 13.2 Å². The van der Waals surface area contributed by atoms with Crippen LogP contribution in [0.3, 0.4) is 0 Å². The molecule has 1 aromatic rings. The first-order valence-corrected chi connectivity index (χ1v) is 3.51. The summed E-state index contributed by atoms with van der Waals surface area (Å²) < 4.78 is 35.9. The molecular formula is C7H5F3N2O2. The zero-order valence-corrected chi connectivity index (χ0v) is 6.75. The highest BCUT2D eigenvalue weighted by Crippen LogP contribution is 2.26. The Bertz CT molecular complexity index is 334. The van der Waals surface area contributed by atoms with Crippen molar-refractivity contribution in [3.63, 3.8) is 0 Å². The Morgan fingerprint density at radius 3 is 2.36 bits per heavy atom. The van der Waals surface area contributed by atoms with E-state index in [1.165, 1.54) is 0 Å². The molecule has 7 heteroatoms. The number of alkyl halides is 3. The van der Waals surface area contributed by atoms with Gasteiger partial charge < -0.3 is 5.11 Å². The first-order valence-electron chi connectivity index (χ1n) is 3.51. The highest BCUT2D eigenvalue weighted by atomic mass is 19.4. The fraction of sp³-hybridized carbons (Fsp3) is 0.286. The van der Waals surface area contributed by atoms with E-state index in [9.17, 15) is 18.0 Å². The van der Waals surface area contributed by atoms with E-state index in [0.717, 1.165) is 6.07 Å². The van der Waals surface area contributed by atoms with Crippen molar-refractivity contribution in [2.45, 2.75) is 12.6 Å². The summed E-state index contributed by atoms with van der Waals surface area (Å²) in [5, 5.41) is 14.3. The molecule has 0 saturated heterocycles. The van der Waals surface area contributed by atoms with E-state index in [2.05, 4.69) is 10.2 Å². The maximum atomic E-state index is 12.0. The van der Waals surface area contributed by atoms with Crippen molar-refractivity contribution in [2.75, 3.05) is 0 Å². The number of carboxylic acids is 1. The Morgan fingerprint density at radius 1 is 1.36 bits per heavy atom. The molecule has 1 aromatic heterocycles. The molecule has 0 saturated carbocycles. The van der Waals surface area contributed by atoms with Gasteiger partial charge in [0.15, 0.2) is 5.69 Å². The van der Waals surface area contributed by atoms with Gasteiger partial charge in [0.1, 0.15) is 0 Å².